The van der Waals surface area contributed by atoms with Crippen LogP contribution < -0.4 is 10.5 Å². The molecule has 3 N–H and O–H groups in total. The zero-order chi connectivity index (χ0) is 18.4. The predicted molar refractivity (Wildman–Crippen MR) is 97.1 cm³/mol. The van der Waals surface area contributed by atoms with Crippen molar-refractivity contribution in [2.45, 2.75) is 68.3 Å². The van der Waals surface area contributed by atoms with E-state index in [0.29, 0.717) is 6.04 Å². The third-order valence-electron chi connectivity index (χ3n) is 4.50. The molecular formula is C16H24ClN3O4S. The lowest BCUT2D eigenvalue weighted by Crippen LogP contribution is -2.32. The normalized spacial score (nSPS) is 18.8. The molecule has 1 aromatic rings. The number of hydrogen-bond donors (Lipinski definition) is 2. The van der Waals surface area contributed by atoms with Crippen LogP contribution in [-0.4, -0.2) is 25.4 Å². The van der Waals surface area contributed by atoms with Crippen LogP contribution in [0.2, 0.25) is 5.02 Å². The quantitative estimate of drug-likeness (QED) is 0.605. The molecule has 9 heteroatoms. The van der Waals surface area contributed by atoms with Crippen LogP contribution in [0, 0.1) is 10.1 Å². The first-order valence-electron chi connectivity index (χ1n) is 8.51. The summed E-state index contributed by atoms with van der Waals surface area (Å²) < 4.78 is 26.8. The van der Waals surface area contributed by atoms with Crippen molar-refractivity contribution in [2.75, 3.05) is 0 Å². The van der Waals surface area contributed by atoms with Crippen molar-refractivity contribution >= 4 is 27.3 Å². The molecule has 0 aromatic heterocycles. The molecule has 140 valence electrons. The molecule has 0 atom stereocenters. The number of hydrogen-bond acceptors (Lipinski definition) is 5. The molecule has 0 aliphatic heterocycles. The SMILES string of the molecule is NC1CCCC1.O=[N+]([O-])c1cc(S(=O)(=O)NC2CCCC2)ccc1Cl. The van der Waals surface area contributed by atoms with Gasteiger partial charge in [-0.15, -0.1) is 0 Å². The van der Waals surface area contributed by atoms with E-state index in [1.807, 2.05) is 0 Å². The van der Waals surface area contributed by atoms with Crippen molar-refractivity contribution < 1.29 is 13.3 Å². The number of nitrogens with zero attached hydrogens (tertiary/aromatic N) is 1. The minimum Gasteiger partial charge on any atom is -0.328 e. The fourth-order valence-electron chi connectivity index (χ4n) is 3.09. The monoisotopic (exact) mass is 389 g/mol. The maximum Gasteiger partial charge on any atom is 0.289 e. The fraction of sp³-hybridized carbons (Fsp3) is 0.625. The van der Waals surface area contributed by atoms with Gasteiger partial charge in [-0.1, -0.05) is 37.3 Å². The number of nitrogens with one attached hydrogen (secondary N) is 1. The summed E-state index contributed by atoms with van der Waals surface area (Å²) in [5.74, 6) is 0. The average molecular weight is 390 g/mol. The lowest BCUT2D eigenvalue weighted by atomic mass is 10.3. The number of benzene rings is 1. The summed E-state index contributed by atoms with van der Waals surface area (Å²) in [5, 5.41) is 10.7. The molecule has 0 unspecified atom stereocenters. The van der Waals surface area contributed by atoms with Crippen molar-refractivity contribution in [2.24, 2.45) is 5.73 Å². The van der Waals surface area contributed by atoms with Crippen molar-refractivity contribution in [1.82, 2.24) is 4.72 Å². The molecule has 3 rings (SSSR count). The second-order valence-corrected chi connectivity index (χ2v) is 8.64. The van der Waals surface area contributed by atoms with Crippen LogP contribution in [0.25, 0.3) is 0 Å². The fourth-order valence-corrected chi connectivity index (χ4v) is 4.60. The van der Waals surface area contributed by atoms with Gasteiger partial charge in [0.15, 0.2) is 0 Å². The highest BCUT2D eigenvalue weighted by atomic mass is 35.5. The summed E-state index contributed by atoms with van der Waals surface area (Å²) in [5.41, 5.74) is 5.13. The third-order valence-corrected chi connectivity index (χ3v) is 6.34. The van der Waals surface area contributed by atoms with Crippen molar-refractivity contribution in [3.05, 3.63) is 33.3 Å². The van der Waals surface area contributed by atoms with E-state index < -0.39 is 20.6 Å². The maximum absolute atomic E-state index is 12.1. The predicted octanol–water partition coefficient (Wildman–Crippen LogP) is 3.36. The molecule has 25 heavy (non-hydrogen) atoms. The molecule has 0 radical (unpaired) electrons. The molecule has 2 saturated carbocycles. The second-order valence-electron chi connectivity index (χ2n) is 6.52. The lowest BCUT2D eigenvalue weighted by Gasteiger charge is -2.12. The summed E-state index contributed by atoms with van der Waals surface area (Å²) in [6.07, 6.45) is 8.84. The zero-order valence-corrected chi connectivity index (χ0v) is 15.6. The van der Waals surface area contributed by atoms with Gasteiger partial charge in [-0.25, -0.2) is 13.1 Å². The third kappa shape index (κ3) is 5.91. The van der Waals surface area contributed by atoms with E-state index in [4.69, 9.17) is 17.3 Å². The Bertz CT molecular complexity index is 699. The van der Waals surface area contributed by atoms with E-state index in [1.54, 1.807) is 0 Å². The van der Waals surface area contributed by atoms with Gasteiger partial charge in [0.1, 0.15) is 5.02 Å². The van der Waals surface area contributed by atoms with E-state index in [2.05, 4.69) is 4.72 Å². The second kappa shape index (κ2) is 8.93. The summed E-state index contributed by atoms with van der Waals surface area (Å²) in [4.78, 5) is 9.92. The summed E-state index contributed by atoms with van der Waals surface area (Å²) >= 11 is 5.65. The van der Waals surface area contributed by atoms with Crippen LogP contribution in [0.5, 0.6) is 0 Å². The summed E-state index contributed by atoms with van der Waals surface area (Å²) in [6, 6.07) is 3.94. The topological polar surface area (TPSA) is 115 Å². The number of halogens is 1. The van der Waals surface area contributed by atoms with Gasteiger partial charge in [-0.3, -0.25) is 10.1 Å². The van der Waals surface area contributed by atoms with Crippen LogP contribution in [0.15, 0.2) is 23.1 Å². The number of rotatable bonds is 4. The van der Waals surface area contributed by atoms with E-state index >= 15 is 0 Å². The Kier molecular flexibility index (Phi) is 7.18. The molecule has 0 spiro atoms. The minimum absolute atomic E-state index is 0.0789. The van der Waals surface area contributed by atoms with Gasteiger partial charge in [-0.2, -0.15) is 0 Å². The van der Waals surface area contributed by atoms with E-state index in [0.717, 1.165) is 31.7 Å². The molecular weight excluding hydrogens is 366 g/mol. The largest absolute Gasteiger partial charge is 0.328 e. The Labute approximate surface area is 153 Å². The van der Waals surface area contributed by atoms with E-state index in [1.165, 1.54) is 37.8 Å². The van der Waals surface area contributed by atoms with Crippen molar-refractivity contribution in [3.63, 3.8) is 0 Å². The standard InChI is InChI=1S/C11H13ClN2O4S.C5H11N/c12-10-6-5-9(7-11(10)14(15)16)19(17,18)13-8-3-1-2-4-8;6-5-3-1-2-4-5/h5-8,13H,1-4H2;5H,1-4,6H2. The molecule has 0 bridgehead atoms. The zero-order valence-electron chi connectivity index (χ0n) is 14.0. The molecule has 0 heterocycles. The Morgan fingerprint density at radius 3 is 2.16 bits per heavy atom. The van der Waals surface area contributed by atoms with Gasteiger partial charge in [-0.05, 0) is 37.8 Å². The van der Waals surface area contributed by atoms with Crippen LogP contribution in [0.3, 0.4) is 0 Å². The Morgan fingerprint density at radius 2 is 1.68 bits per heavy atom. The van der Waals surface area contributed by atoms with Gasteiger partial charge in [0.05, 0.1) is 9.82 Å². The summed E-state index contributed by atoms with van der Waals surface area (Å²) in [7, 11) is -3.73. The average Bonchev–Trinajstić information content (AvgIpc) is 3.21. The number of nitro benzene ring substituents is 1. The molecule has 1 aromatic carbocycles. The molecule has 2 aliphatic rings. The highest BCUT2D eigenvalue weighted by molar-refractivity contribution is 7.89. The van der Waals surface area contributed by atoms with Gasteiger partial charge in [0.25, 0.3) is 5.69 Å². The first-order valence-corrected chi connectivity index (χ1v) is 10.4. The summed E-state index contributed by atoms with van der Waals surface area (Å²) in [6.45, 7) is 0. The molecule has 7 nitrogen and oxygen atoms in total. The van der Waals surface area contributed by atoms with Crippen LogP contribution in [-0.2, 0) is 10.0 Å². The number of nitrogens with two attached hydrogens (primary N) is 1. The first kappa shape index (κ1) is 20.1. The first-order chi connectivity index (χ1) is 11.8. The van der Waals surface area contributed by atoms with E-state index in [9.17, 15) is 18.5 Å². The number of sulfonamides is 1. The van der Waals surface area contributed by atoms with Gasteiger partial charge >= 0.3 is 0 Å². The Balaban J connectivity index is 0.000000316. The van der Waals surface area contributed by atoms with Crippen LogP contribution in [0.4, 0.5) is 5.69 Å². The molecule has 0 saturated heterocycles. The highest BCUT2D eigenvalue weighted by Gasteiger charge is 2.25. The van der Waals surface area contributed by atoms with Crippen LogP contribution in [0.1, 0.15) is 51.4 Å². The Hall–Kier alpha value is -1.22. The van der Waals surface area contributed by atoms with Crippen molar-refractivity contribution in [1.29, 1.82) is 0 Å². The molecule has 0 amide bonds. The molecule has 2 aliphatic carbocycles. The van der Waals surface area contributed by atoms with Gasteiger partial charge < -0.3 is 5.73 Å². The van der Waals surface area contributed by atoms with Gasteiger partial charge in [0, 0.05) is 18.2 Å². The highest BCUT2D eigenvalue weighted by Crippen LogP contribution is 2.28. The van der Waals surface area contributed by atoms with E-state index in [-0.39, 0.29) is 16.0 Å². The minimum atomic E-state index is -3.73. The molecule has 2 fully saturated rings. The number of nitro groups is 1. The lowest BCUT2D eigenvalue weighted by molar-refractivity contribution is -0.384. The van der Waals surface area contributed by atoms with Crippen molar-refractivity contribution in [3.8, 4) is 0 Å². The smallest absolute Gasteiger partial charge is 0.289 e. The van der Waals surface area contributed by atoms with Crippen LogP contribution >= 0.6 is 11.6 Å². The van der Waals surface area contributed by atoms with Gasteiger partial charge in [0.2, 0.25) is 10.0 Å². The Morgan fingerprint density at radius 1 is 1.12 bits per heavy atom. The maximum atomic E-state index is 12.1.